The van der Waals surface area contributed by atoms with Gasteiger partial charge in [-0.1, -0.05) is 6.08 Å². The van der Waals surface area contributed by atoms with Crippen molar-refractivity contribution in [3.8, 4) is 0 Å². The van der Waals surface area contributed by atoms with Crippen molar-refractivity contribution in [1.82, 2.24) is 0 Å². The van der Waals surface area contributed by atoms with Crippen molar-refractivity contribution < 1.29 is 13.3 Å². The van der Waals surface area contributed by atoms with Crippen molar-refractivity contribution in [2.75, 3.05) is 13.2 Å². The molecule has 0 amide bonds. The molecule has 78 valence electrons. The molecule has 1 atom stereocenters. The summed E-state index contributed by atoms with van der Waals surface area (Å²) in [6, 6.07) is 0. The van der Waals surface area contributed by atoms with Gasteiger partial charge in [0, 0.05) is 19.8 Å². The fourth-order valence-electron chi connectivity index (χ4n) is 1.02. The Hall–Kier alpha value is -0.163. The second-order valence-electron chi connectivity index (χ2n) is 2.79. The molecular formula is C9H20O3Si. The standard InChI is InChI=1S/C9H20O3Si/c1-6-9(4)12-13(5,10-7-2)11-8-3/h6,9H,1,7-8H2,2-5H3. The van der Waals surface area contributed by atoms with Crippen LogP contribution in [0.1, 0.15) is 20.8 Å². The van der Waals surface area contributed by atoms with E-state index in [0.717, 1.165) is 0 Å². The van der Waals surface area contributed by atoms with Gasteiger partial charge in [0.15, 0.2) is 0 Å². The summed E-state index contributed by atoms with van der Waals surface area (Å²) in [7, 11) is -2.40. The van der Waals surface area contributed by atoms with Crippen LogP contribution in [0.5, 0.6) is 0 Å². The lowest BCUT2D eigenvalue weighted by molar-refractivity contribution is 0.0589. The minimum atomic E-state index is -2.40. The van der Waals surface area contributed by atoms with E-state index in [1.165, 1.54) is 0 Å². The van der Waals surface area contributed by atoms with Crippen LogP contribution in [-0.4, -0.2) is 28.1 Å². The highest BCUT2D eigenvalue weighted by molar-refractivity contribution is 6.59. The Morgan fingerprint density at radius 2 is 1.77 bits per heavy atom. The molecule has 0 rings (SSSR count). The molecule has 0 saturated heterocycles. The van der Waals surface area contributed by atoms with E-state index in [-0.39, 0.29) is 6.10 Å². The van der Waals surface area contributed by atoms with Gasteiger partial charge in [-0.3, -0.25) is 0 Å². The molecule has 0 heterocycles. The van der Waals surface area contributed by atoms with E-state index in [4.69, 9.17) is 13.3 Å². The summed E-state index contributed by atoms with van der Waals surface area (Å²) in [4.78, 5) is 0. The Morgan fingerprint density at radius 1 is 1.31 bits per heavy atom. The van der Waals surface area contributed by atoms with E-state index in [1.807, 2.05) is 27.3 Å². The van der Waals surface area contributed by atoms with Crippen molar-refractivity contribution >= 4 is 8.80 Å². The molecule has 0 saturated carbocycles. The van der Waals surface area contributed by atoms with E-state index < -0.39 is 8.80 Å². The van der Waals surface area contributed by atoms with Crippen LogP contribution in [-0.2, 0) is 13.3 Å². The zero-order valence-electron chi connectivity index (χ0n) is 9.00. The van der Waals surface area contributed by atoms with E-state index in [1.54, 1.807) is 6.08 Å². The average molecular weight is 204 g/mol. The second kappa shape index (κ2) is 6.31. The van der Waals surface area contributed by atoms with Crippen molar-refractivity contribution in [1.29, 1.82) is 0 Å². The van der Waals surface area contributed by atoms with E-state index in [0.29, 0.717) is 13.2 Å². The number of hydrogen-bond acceptors (Lipinski definition) is 3. The molecule has 0 aromatic carbocycles. The first kappa shape index (κ1) is 12.8. The summed E-state index contributed by atoms with van der Waals surface area (Å²) in [5.41, 5.74) is 0. The zero-order valence-corrected chi connectivity index (χ0v) is 10.0. The predicted molar refractivity (Wildman–Crippen MR) is 55.6 cm³/mol. The molecule has 3 nitrogen and oxygen atoms in total. The maximum Gasteiger partial charge on any atom is 0.498 e. The molecule has 0 aliphatic carbocycles. The highest BCUT2D eigenvalue weighted by Gasteiger charge is 2.35. The smallest absolute Gasteiger partial charge is 0.374 e. The molecule has 0 N–H and O–H groups in total. The topological polar surface area (TPSA) is 27.7 Å². The lowest BCUT2D eigenvalue weighted by atomic mass is 10.4. The highest BCUT2D eigenvalue weighted by Crippen LogP contribution is 2.12. The summed E-state index contributed by atoms with van der Waals surface area (Å²) in [6.07, 6.45) is 1.72. The SMILES string of the molecule is C=CC(C)O[Si](C)(OCC)OCC. The normalized spacial score (nSPS) is 14.2. The molecule has 1 unspecified atom stereocenters. The van der Waals surface area contributed by atoms with Gasteiger partial charge in [-0.2, -0.15) is 0 Å². The largest absolute Gasteiger partial charge is 0.498 e. The van der Waals surface area contributed by atoms with Gasteiger partial charge in [0.05, 0.1) is 6.10 Å². The van der Waals surface area contributed by atoms with Gasteiger partial charge in [0.25, 0.3) is 0 Å². The van der Waals surface area contributed by atoms with Gasteiger partial charge in [-0.25, -0.2) is 0 Å². The van der Waals surface area contributed by atoms with Crippen LogP contribution in [0.4, 0.5) is 0 Å². The van der Waals surface area contributed by atoms with Crippen molar-refractivity contribution in [3.63, 3.8) is 0 Å². The predicted octanol–water partition coefficient (Wildman–Crippen LogP) is 2.22. The Morgan fingerprint density at radius 3 is 2.08 bits per heavy atom. The van der Waals surface area contributed by atoms with Crippen LogP contribution in [0.3, 0.4) is 0 Å². The fraction of sp³-hybridized carbons (Fsp3) is 0.778. The Kier molecular flexibility index (Phi) is 6.24. The van der Waals surface area contributed by atoms with Crippen LogP contribution in [0, 0.1) is 0 Å². The quantitative estimate of drug-likeness (QED) is 0.470. The first-order valence-corrected chi connectivity index (χ1v) is 6.88. The van der Waals surface area contributed by atoms with Gasteiger partial charge in [0.2, 0.25) is 0 Å². The molecule has 0 spiro atoms. The van der Waals surface area contributed by atoms with E-state index in [2.05, 4.69) is 6.58 Å². The average Bonchev–Trinajstić information content (AvgIpc) is 2.04. The number of rotatable bonds is 7. The van der Waals surface area contributed by atoms with Crippen molar-refractivity contribution in [2.45, 2.75) is 33.4 Å². The maximum atomic E-state index is 5.64. The zero-order chi connectivity index (χ0) is 10.3. The Labute approximate surface area is 82.1 Å². The van der Waals surface area contributed by atoms with Gasteiger partial charge in [-0.15, -0.1) is 6.58 Å². The Balaban J connectivity index is 4.12. The minimum Gasteiger partial charge on any atom is -0.374 e. The Bertz CT molecular complexity index is 144. The van der Waals surface area contributed by atoms with Crippen molar-refractivity contribution in [2.24, 2.45) is 0 Å². The summed E-state index contributed by atoms with van der Waals surface area (Å²) in [5.74, 6) is 0. The highest BCUT2D eigenvalue weighted by atomic mass is 28.4. The molecule has 0 aliphatic heterocycles. The van der Waals surface area contributed by atoms with Gasteiger partial charge in [-0.05, 0) is 20.8 Å². The van der Waals surface area contributed by atoms with Crippen LogP contribution < -0.4 is 0 Å². The monoisotopic (exact) mass is 204 g/mol. The first-order valence-electron chi connectivity index (χ1n) is 4.66. The van der Waals surface area contributed by atoms with E-state index in [9.17, 15) is 0 Å². The van der Waals surface area contributed by atoms with Crippen LogP contribution in [0.25, 0.3) is 0 Å². The van der Waals surface area contributed by atoms with Gasteiger partial charge in [0.1, 0.15) is 0 Å². The molecule has 0 aliphatic rings. The van der Waals surface area contributed by atoms with Gasteiger partial charge < -0.3 is 13.3 Å². The number of hydrogen-bond donors (Lipinski definition) is 0. The molecule has 0 aromatic rings. The van der Waals surface area contributed by atoms with Crippen LogP contribution >= 0.6 is 0 Å². The molecule has 4 heteroatoms. The fourth-order valence-corrected chi connectivity index (χ4v) is 3.06. The first-order chi connectivity index (χ1) is 6.08. The summed E-state index contributed by atoms with van der Waals surface area (Å²) < 4.78 is 16.6. The molecular weight excluding hydrogens is 184 g/mol. The molecule has 0 bridgehead atoms. The third-order valence-electron chi connectivity index (χ3n) is 1.54. The van der Waals surface area contributed by atoms with Crippen LogP contribution in [0.2, 0.25) is 6.55 Å². The summed E-state index contributed by atoms with van der Waals surface area (Å²) in [5, 5.41) is 0. The van der Waals surface area contributed by atoms with Crippen molar-refractivity contribution in [3.05, 3.63) is 12.7 Å². The third-order valence-corrected chi connectivity index (χ3v) is 3.97. The molecule has 0 radical (unpaired) electrons. The summed E-state index contributed by atoms with van der Waals surface area (Å²) in [6.45, 7) is 12.6. The molecule has 13 heavy (non-hydrogen) atoms. The maximum absolute atomic E-state index is 5.64. The van der Waals surface area contributed by atoms with Gasteiger partial charge >= 0.3 is 8.80 Å². The molecule has 0 fully saturated rings. The third kappa shape index (κ3) is 5.20. The molecule has 0 aromatic heterocycles. The summed E-state index contributed by atoms with van der Waals surface area (Å²) >= 11 is 0. The van der Waals surface area contributed by atoms with E-state index >= 15 is 0 Å². The lowest BCUT2D eigenvalue weighted by Crippen LogP contribution is -2.44. The van der Waals surface area contributed by atoms with Crippen LogP contribution in [0.15, 0.2) is 12.7 Å². The minimum absolute atomic E-state index is 0.0187. The lowest BCUT2D eigenvalue weighted by Gasteiger charge is -2.27. The second-order valence-corrected chi connectivity index (χ2v) is 5.32.